The van der Waals surface area contributed by atoms with Crippen LogP contribution in [0.4, 0.5) is 0 Å². The first-order valence-corrected chi connectivity index (χ1v) is 8.58. The van der Waals surface area contributed by atoms with E-state index >= 15 is 0 Å². The molecule has 1 amide bonds. The molecule has 1 heterocycles. The van der Waals surface area contributed by atoms with Gasteiger partial charge in [0.05, 0.1) is 28.2 Å². The second-order valence-corrected chi connectivity index (χ2v) is 6.41. The summed E-state index contributed by atoms with van der Waals surface area (Å²) in [7, 11) is 0. The summed E-state index contributed by atoms with van der Waals surface area (Å²) in [6.07, 6.45) is 1.93. The maximum absolute atomic E-state index is 12.6. The van der Waals surface area contributed by atoms with Gasteiger partial charge in [-0.3, -0.25) is 9.78 Å². The first-order chi connectivity index (χ1) is 12.1. The van der Waals surface area contributed by atoms with Crippen LogP contribution in [0.25, 0.3) is 0 Å². The van der Waals surface area contributed by atoms with Gasteiger partial charge >= 0.3 is 0 Å². The van der Waals surface area contributed by atoms with Crippen LogP contribution in [0.5, 0.6) is 0 Å². The van der Waals surface area contributed by atoms with E-state index in [0.29, 0.717) is 10.0 Å². The molecule has 25 heavy (non-hydrogen) atoms. The van der Waals surface area contributed by atoms with Crippen LogP contribution < -0.4 is 5.32 Å². The summed E-state index contributed by atoms with van der Waals surface area (Å²) in [5.41, 5.74) is 2.57. The molecule has 0 unspecified atom stereocenters. The molecule has 0 spiro atoms. The van der Waals surface area contributed by atoms with E-state index in [0.717, 1.165) is 16.8 Å². The Morgan fingerprint density at radius 1 is 0.960 bits per heavy atom. The zero-order chi connectivity index (χ0) is 17.6. The van der Waals surface area contributed by atoms with Crippen molar-refractivity contribution in [3.8, 4) is 0 Å². The van der Waals surface area contributed by atoms with Crippen molar-refractivity contribution in [3.05, 3.63) is 99.8 Å². The molecule has 2 aromatic carbocycles. The van der Waals surface area contributed by atoms with Gasteiger partial charge in [0, 0.05) is 6.20 Å². The number of rotatable bonds is 5. The number of aromatic nitrogens is 1. The van der Waals surface area contributed by atoms with Gasteiger partial charge in [-0.25, -0.2) is 0 Å². The van der Waals surface area contributed by atoms with E-state index in [9.17, 15) is 4.79 Å². The van der Waals surface area contributed by atoms with Crippen LogP contribution in [0.15, 0.2) is 72.9 Å². The summed E-state index contributed by atoms with van der Waals surface area (Å²) in [5, 5.41) is 3.97. The van der Waals surface area contributed by atoms with Gasteiger partial charge in [0.2, 0.25) is 5.91 Å². The van der Waals surface area contributed by atoms with Crippen LogP contribution in [0, 0.1) is 0 Å². The van der Waals surface area contributed by atoms with Crippen LogP contribution in [0.3, 0.4) is 0 Å². The Hall–Kier alpha value is -2.36. The topological polar surface area (TPSA) is 42.0 Å². The number of nitrogens with one attached hydrogen (secondary N) is 1. The van der Waals surface area contributed by atoms with Gasteiger partial charge in [0.15, 0.2) is 0 Å². The minimum Gasteiger partial charge on any atom is -0.343 e. The molecular formula is C20H16Cl2N2O. The average molecular weight is 371 g/mol. The third-order valence-electron chi connectivity index (χ3n) is 3.77. The number of amides is 1. The van der Waals surface area contributed by atoms with E-state index in [1.165, 1.54) is 0 Å². The highest BCUT2D eigenvalue weighted by Gasteiger charge is 2.18. The molecule has 3 rings (SSSR count). The molecule has 0 radical (unpaired) electrons. The predicted molar refractivity (Wildman–Crippen MR) is 101 cm³/mol. The monoisotopic (exact) mass is 370 g/mol. The van der Waals surface area contributed by atoms with Crippen molar-refractivity contribution in [1.82, 2.24) is 10.3 Å². The zero-order valence-corrected chi connectivity index (χ0v) is 14.8. The van der Waals surface area contributed by atoms with E-state index in [1.807, 2.05) is 48.5 Å². The maximum atomic E-state index is 12.6. The maximum Gasteiger partial charge on any atom is 0.225 e. The van der Waals surface area contributed by atoms with Gasteiger partial charge in [-0.2, -0.15) is 0 Å². The Kier molecular flexibility index (Phi) is 5.69. The normalized spacial score (nSPS) is 11.8. The predicted octanol–water partition coefficient (Wildman–Crippen LogP) is 4.84. The quantitative estimate of drug-likeness (QED) is 0.698. The molecule has 0 aliphatic carbocycles. The van der Waals surface area contributed by atoms with Crippen molar-refractivity contribution in [2.24, 2.45) is 0 Å². The Balaban J connectivity index is 1.80. The number of hydrogen-bond donors (Lipinski definition) is 1. The van der Waals surface area contributed by atoms with Crippen LogP contribution in [0.1, 0.15) is 22.9 Å². The lowest BCUT2D eigenvalue weighted by molar-refractivity contribution is -0.120. The first kappa shape index (κ1) is 17.5. The third kappa shape index (κ3) is 4.59. The van der Waals surface area contributed by atoms with Gasteiger partial charge < -0.3 is 5.32 Å². The van der Waals surface area contributed by atoms with Crippen molar-refractivity contribution in [1.29, 1.82) is 0 Å². The number of hydrogen-bond acceptors (Lipinski definition) is 2. The fourth-order valence-electron chi connectivity index (χ4n) is 2.57. The van der Waals surface area contributed by atoms with Gasteiger partial charge in [-0.05, 0) is 35.4 Å². The summed E-state index contributed by atoms with van der Waals surface area (Å²) < 4.78 is 0. The number of halogens is 2. The van der Waals surface area contributed by atoms with Crippen LogP contribution in [-0.2, 0) is 11.2 Å². The SMILES string of the molecule is O=C(Cc1ccc(Cl)c(Cl)c1)N[C@H](c1ccccc1)c1ccccn1. The fraction of sp³-hybridized carbons (Fsp3) is 0.100. The average Bonchev–Trinajstić information content (AvgIpc) is 2.64. The third-order valence-corrected chi connectivity index (χ3v) is 4.51. The standard InChI is InChI=1S/C20H16Cl2N2O/c21-16-10-9-14(12-17(16)22)13-19(25)24-20(15-6-2-1-3-7-15)18-8-4-5-11-23-18/h1-12,20H,13H2,(H,24,25)/t20-/m1/s1. The molecule has 1 atom stereocenters. The highest BCUT2D eigenvalue weighted by atomic mass is 35.5. The van der Waals surface area contributed by atoms with Crippen molar-refractivity contribution in [2.75, 3.05) is 0 Å². The minimum absolute atomic E-state index is 0.113. The highest BCUT2D eigenvalue weighted by Crippen LogP contribution is 2.23. The largest absolute Gasteiger partial charge is 0.343 e. The molecular weight excluding hydrogens is 355 g/mol. The Morgan fingerprint density at radius 2 is 1.72 bits per heavy atom. The van der Waals surface area contributed by atoms with Crippen LogP contribution in [0.2, 0.25) is 10.0 Å². The van der Waals surface area contributed by atoms with Gasteiger partial charge in [0.25, 0.3) is 0 Å². The Morgan fingerprint density at radius 3 is 2.40 bits per heavy atom. The molecule has 0 aliphatic heterocycles. The lowest BCUT2D eigenvalue weighted by Gasteiger charge is -2.19. The molecule has 0 saturated carbocycles. The summed E-state index contributed by atoms with van der Waals surface area (Å²) in [6.45, 7) is 0. The fourth-order valence-corrected chi connectivity index (χ4v) is 2.89. The van der Waals surface area contributed by atoms with Gasteiger partial charge in [0.1, 0.15) is 0 Å². The summed E-state index contributed by atoms with van der Waals surface area (Å²) >= 11 is 11.9. The van der Waals surface area contributed by atoms with E-state index in [1.54, 1.807) is 24.4 Å². The van der Waals surface area contributed by atoms with E-state index < -0.39 is 0 Å². The highest BCUT2D eigenvalue weighted by molar-refractivity contribution is 6.42. The molecule has 0 bridgehead atoms. The Bertz CT molecular complexity index is 815. The van der Waals surface area contributed by atoms with Gasteiger partial charge in [-0.1, -0.05) is 65.7 Å². The van der Waals surface area contributed by atoms with Crippen molar-refractivity contribution in [2.45, 2.75) is 12.5 Å². The molecule has 5 heteroatoms. The molecule has 3 nitrogen and oxygen atoms in total. The number of benzene rings is 2. The number of carbonyl (C=O) groups is 1. The molecule has 126 valence electrons. The van der Waals surface area contributed by atoms with Crippen LogP contribution >= 0.6 is 23.2 Å². The van der Waals surface area contributed by atoms with Crippen LogP contribution in [-0.4, -0.2) is 10.9 Å². The number of nitrogens with zero attached hydrogens (tertiary/aromatic N) is 1. The van der Waals surface area contributed by atoms with Gasteiger partial charge in [-0.15, -0.1) is 0 Å². The molecule has 1 N–H and O–H groups in total. The van der Waals surface area contributed by atoms with Crippen molar-refractivity contribution in [3.63, 3.8) is 0 Å². The second-order valence-electron chi connectivity index (χ2n) is 5.59. The summed E-state index contributed by atoms with van der Waals surface area (Å²) in [6, 6.07) is 20.3. The first-order valence-electron chi connectivity index (χ1n) is 7.82. The second kappa shape index (κ2) is 8.15. The zero-order valence-electron chi connectivity index (χ0n) is 13.3. The molecule has 1 aromatic heterocycles. The smallest absolute Gasteiger partial charge is 0.225 e. The molecule has 0 saturated heterocycles. The lowest BCUT2D eigenvalue weighted by Crippen LogP contribution is -2.31. The Labute approximate surface area is 156 Å². The van der Waals surface area contributed by atoms with Crippen molar-refractivity contribution < 1.29 is 4.79 Å². The number of carbonyl (C=O) groups excluding carboxylic acids is 1. The molecule has 3 aromatic rings. The summed E-state index contributed by atoms with van der Waals surface area (Å²) in [5.74, 6) is -0.113. The van der Waals surface area contributed by atoms with E-state index in [-0.39, 0.29) is 18.4 Å². The van der Waals surface area contributed by atoms with Crippen molar-refractivity contribution >= 4 is 29.1 Å². The van der Waals surface area contributed by atoms with E-state index in [4.69, 9.17) is 23.2 Å². The van der Waals surface area contributed by atoms with E-state index in [2.05, 4.69) is 10.3 Å². The molecule has 0 aliphatic rings. The summed E-state index contributed by atoms with van der Waals surface area (Å²) in [4.78, 5) is 16.9. The minimum atomic E-state index is -0.308. The lowest BCUT2D eigenvalue weighted by atomic mass is 10.0. The number of pyridine rings is 1. The molecule has 0 fully saturated rings.